The van der Waals surface area contributed by atoms with E-state index in [0.717, 1.165) is 22.2 Å². The lowest BCUT2D eigenvalue weighted by Crippen LogP contribution is -2.70. The maximum absolute atomic E-state index is 11.5. The first-order chi connectivity index (χ1) is 8.85. The number of primary amides is 1. The van der Waals surface area contributed by atoms with Gasteiger partial charge in [0.15, 0.2) is 6.54 Å². The van der Waals surface area contributed by atoms with E-state index in [0.29, 0.717) is 18.6 Å². The number of amides is 1. The molecule has 0 radical (unpaired) electrons. The van der Waals surface area contributed by atoms with Gasteiger partial charge in [-0.25, -0.2) is 0 Å². The average molecular weight is 267 g/mol. The smallest absolute Gasteiger partial charge is 0.272 e. The van der Waals surface area contributed by atoms with Crippen LogP contribution in [0.15, 0.2) is 0 Å². The number of quaternary nitrogens is 1. The Morgan fingerprint density at radius 3 is 2.37 bits per heavy atom. The Labute approximate surface area is 118 Å². The number of rotatable bonds is 5. The van der Waals surface area contributed by atoms with E-state index in [1.165, 1.54) is 32.2 Å². The first-order valence-electron chi connectivity index (χ1n) is 8.00. The van der Waals surface area contributed by atoms with E-state index in [4.69, 9.17) is 5.73 Å². The van der Waals surface area contributed by atoms with Crippen molar-refractivity contribution in [2.45, 2.75) is 65.5 Å². The predicted octanol–water partition coefficient (Wildman–Crippen LogP) is 2.54. The molecule has 0 aromatic heterocycles. The van der Waals surface area contributed by atoms with Crippen LogP contribution in [0.4, 0.5) is 0 Å². The van der Waals surface area contributed by atoms with E-state index in [1.54, 1.807) is 0 Å². The minimum Gasteiger partial charge on any atom is -0.365 e. The first-order valence-corrected chi connectivity index (χ1v) is 8.00. The van der Waals surface area contributed by atoms with Gasteiger partial charge < -0.3 is 10.2 Å². The molecule has 2 aliphatic heterocycles. The Kier molecular flexibility index (Phi) is 4.24. The molecule has 3 fully saturated rings. The Bertz CT molecular complexity index is 340. The van der Waals surface area contributed by atoms with Crippen LogP contribution in [-0.2, 0) is 4.79 Å². The van der Waals surface area contributed by atoms with Crippen LogP contribution in [-0.4, -0.2) is 35.6 Å². The van der Waals surface area contributed by atoms with Gasteiger partial charge in [-0.3, -0.25) is 4.79 Å². The summed E-state index contributed by atoms with van der Waals surface area (Å²) in [7, 11) is 0. The second-order valence-electron chi connectivity index (χ2n) is 7.62. The molecule has 2 heterocycles. The normalized spacial score (nSPS) is 38.1. The first kappa shape index (κ1) is 14.8. The van der Waals surface area contributed by atoms with Gasteiger partial charge in [0.05, 0.1) is 18.6 Å². The zero-order valence-corrected chi connectivity index (χ0v) is 13.1. The molecule has 3 aliphatic rings. The van der Waals surface area contributed by atoms with E-state index >= 15 is 0 Å². The molecule has 3 nitrogen and oxygen atoms in total. The standard InChI is InChI=1S/C16H30N2O/c1-11(2)7-14-8-15-6-5-13(14)9-18(15,12(3)4)10-16(17)19/h11-15H,5-10H2,1-4H3,(H-,17,19)/p+1/t13?,14?,15-,18?/m0/s1. The molecule has 4 atom stereocenters. The lowest BCUT2D eigenvalue weighted by atomic mass is 9.67. The molecule has 0 aromatic carbocycles. The predicted molar refractivity (Wildman–Crippen MR) is 78.4 cm³/mol. The van der Waals surface area contributed by atoms with Crippen molar-refractivity contribution >= 4 is 5.91 Å². The van der Waals surface area contributed by atoms with Crippen LogP contribution in [0.25, 0.3) is 0 Å². The van der Waals surface area contributed by atoms with Crippen molar-refractivity contribution in [2.24, 2.45) is 23.5 Å². The van der Waals surface area contributed by atoms with Gasteiger partial charge in [-0.15, -0.1) is 0 Å². The number of hydrogen-bond donors (Lipinski definition) is 1. The topological polar surface area (TPSA) is 43.1 Å². The highest BCUT2D eigenvalue weighted by Gasteiger charge is 2.52. The molecule has 110 valence electrons. The molecule has 0 aromatic rings. The summed E-state index contributed by atoms with van der Waals surface area (Å²) in [6, 6.07) is 1.18. The van der Waals surface area contributed by atoms with Gasteiger partial charge in [-0.05, 0) is 44.9 Å². The largest absolute Gasteiger partial charge is 0.365 e. The van der Waals surface area contributed by atoms with Crippen LogP contribution in [0, 0.1) is 17.8 Å². The summed E-state index contributed by atoms with van der Waals surface area (Å²) in [4.78, 5) is 11.5. The molecule has 1 amide bonds. The van der Waals surface area contributed by atoms with Crippen molar-refractivity contribution in [1.82, 2.24) is 0 Å². The maximum atomic E-state index is 11.5. The Morgan fingerprint density at radius 2 is 1.95 bits per heavy atom. The van der Waals surface area contributed by atoms with Crippen LogP contribution >= 0.6 is 0 Å². The van der Waals surface area contributed by atoms with E-state index < -0.39 is 0 Å². The molecule has 3 heteroatoms. The van der Waals surface area contributed by atoms with Gasteiger partial charge in [0.25, 0.3) is 5.91 Å². The van der Waals surface area contributed by atoms with Crippen LogP contribution in [0.5, 0.6) is 0 Å². The fraction of sp³-hybridized carbons (Fsp3) is 0.938. The third kappa shape index (κ3) is 2.81. The second kappa shape index (κ2) is 5.43. The highest BCUT2D eigenvalue weighted by Crippen LogP contribution is 2.47. The van der Waals surface area contributed by atoms with E-state index in [1.807, 2.05) is 0 Å². The number of carbonyl (C=O) groups is 1. The SMILES string of the molecule is CC(C)CC1C[C@@H]2CCC1C[N+]2(CC(N)=O)C(C)C. The number of carbonyl (C=O) groups excluding carboxylic acids is 1. The van der Waals surface area contributed by atoms with Crippen molar-refractivity contribution in [3.05, 3.63) is 0 Å². The van der Waals surface area contributed by atoms with Crippen molar-refractivity contribution in [1.29, 1.82) is 0 Å². The molecule has 3 rings (SSSR count). The van der Waals surface area contributed by atoms with Gasteiger partial charge in [0.2, 0.25) is 0 Å². The van der Waals surface area contributed by atoms with Crippen molar-refractivity contribution in [2.75, 3.05) is 13.1 Å². The average Bonchev–Trinajstić information content (AvgIpc) is 2.28. The highest BCUT2D eigenvalue weighted by atomic mass is 16.1. The lowest BCUT2D eigenvalue weighted by Gasteiger charge is -2.58. The van der Waals surface area contributed by atoms with Gasteiger partial charge in [0, 0.05) is 12.3 Å². The van der Waals surface area contributed by atoms with Crippen LogP contribution in [0.2, 0.25) is 0 Å². The summed E-state index contributed by atoms with van der Waals surface area (Å²) in [5.74, 6) is 2.37. The summed E-state index contributed by atoms with van der Waals surface area (Å²) in [6.07, 6.45) is 5.34. The minimum absolute atomic E-state index is 0.123. The van der Waals surface area contributed by atoms with Crippen molar-refractivity contribution in [3.63, 3.8) is 0 Å². The van der Waals surface area contributed by atoms with Crippen LogP contribution in [0.1, 0.15) is 53.4 Å². The summed E-state index contributed by atoms with van der Waals surface area (Å²) >= 11 is 0. The van der Waals surface area contributed by atoms with Crippen molar-refractivity contribution < 1.29 is 9.28 Å². The summed E-state index contributed by atoms with van der Waals surface area (Å²) in [5, 5.41) is 0. The van der Waals surface area contributed by atoms with Gasteiger partial charge in [-0.1, -0.05) is 13.8 Å². The lowest BCUT2D eigenvalue weighted by molar-refractivity contribution is -0.977. The quantitative estimate of drug-likeness (QED) is 0.764. The Hall–Kier alpha value is -0.570. The highest BCUT2D eigenvalue weighted by molar-refractivity contribution is 5.75. The number of hydrogen-bond acceptors (Lipinski definition) is 1. The molecular formula is C16H31N2O+. The van der Waals surface area contributed by atoms with Gasteiger partial charge >= 0.3 is 0 Å². The molecule has 19 heavy (non-hydrogen) atoms. The monoisotopic (exact) mass is 267 g/mol. The molecule has 0 spiro atoms. The number of fused-ring (bicyclic) bond motifs is 3. The minimum atomic E-state index is -0.123. The Morgan fingerprint density at radius 1 is 1.26 bits per heavy atom. The third-order valence-electron chi connectivity index (χ3n) is 5.67. The Balaban J connectivity index is 2.16. The van der Waals surface area contributed by atoms with Crippen LogP contribution < -0.4 is 5.73 Å². The summed E-state index contributed by atoms with van der Waals surface area (Å²) in [6.45, 7) is 10.9. The molecular weight excluding hydrogens is 236 g/mol. The summed E-state index contributed by atoms with van der Waals surface area (Å²) < 4.78 is 0.967. The van der Waals surface area contributed by atoms with Gasteiger partial charge in [-0.2, -0.15) is 0 Å². The van der Waals surface area contributed by atoms with Crippen LogP contribution in [0.3, 0.4) is 0 Å². The zero-order valence-electron chi connectivity index (χ0n) is 13.1. The molecule has 2 bridgehead atoms. The van der Waals surface area contributed by atoms with Crippen molar-refractivity contribution in [3.8, 4) is 0 Å². The molecule has 3 unspecified atom stereocenters. The fourth-order valence-corrected chi connectivity index (χ4v) is 4.79. The maximum Gasteiger partial charge on any atom is 0.272 e. The van der Waals surface area contributed by atoms with E-state index in [-0.39, 0.29) is 5.91 Å². The number of nitrogens with two attached hydrogens (primary N) is 1. The van der Waals surface area contributed by atoms with E-state index in [9.17, 15) is 4.79 Å². The molecule has 2 saturated heterocycles. The second-order valence-corrected chi connectivity index (χ2v) is 7.62. The van der Waals surface area contributed by atoms with E-state index in [2.05, 4.69) is 27.7 Å². The molecule has 2 N–H and O–H groups in total. The summed E-state index contributed by atoms with van der Waals surface area (Å²) in [5.41, 5.74) is 5.54. The van der Waals surface area contributed by atoms with Gasteiger partial charge in [0.1, 0.15) is 0 Å². The fourth-order valence-electron chi connectivity index (χ4n) is 4.79. The molecule has 1 saturated carbocycles. The number of piperidine rings is 2. The third-order valence-corrected chi connectivity index (χ3v) is 5.67. The zero-order chi connectivity index (χ0) is 14.2. The number of nitrogens with zero attached hydrogens (tertiary/aromatic N) is 1. The molecule has 1 aliphatic carbocycles.